The molecule has 2 N–H and O–H groups in total. The number of aromatic nitrogens is 1. The number of thioether (sulfide) groups is 1. The molecule has 1 atom stereocenters. The van der Waals surface area contributed by atoms with Crippen molar-refractivity contribution in [2.75, 3.05) is 5.32 Å². The number of hydrogen-bond donors (Lipinski definition) is 2. The van der Waals surface area contributed by atoms with Crippen LogP contribution in [0.15, 0.2) is 108 Å². The summed E-state index contributed by atoms with van der Waals surface area (Å²) < 4.78 is 12.7. The first kappa shape index (κ1) is 26.6. The van der Waals surface area contributed by atoms with Crippen LogP contribution in [0.2, 0.25) is 0 Å². The Balaban J connectivity index is 0.000000202. The lowest BCUT2D eigenvalue weighted by Crippen LogP contribution is -2.34. The van der Waals surface area contributed by atoms with Gasteiger partial charge in [0.05, 0.1) is 6.20 Å². The maximum absolute atomic E-state index is 12.7. The van der Waals surface area contributed by atoms with Crippen LogP contribution in [-0.2, 0) is 17.0 Å². The lowest BCUT2D eigenvalue weighted by molar-refractivity contribution is -0.105. The summed E-state index contributed by atoms with van der Waals surface area (Å²) in [5, 5.41) is 5.46. The Morgan fingerprint density at radius 3 is 2.14 bits per heavy atom. The normalized spacial score (nSPS) is 10.9. The maximum Gasteiger partial charge on any atom is 0.270 e. The van der Waals surface area contributed by atoms with Crippen LogP contribution in [0.3, 0.4) is 0 Å². The van der Waals surface area contributed by atoms with Gasteiger partial charge < -0.3 is 10.6 Å². The average molecular weight is 502 g/mol. The molecule has 0 radical (unpaired) electrons. The van der Waals surface area contributed by atoms with E-state index < -0.39 is 5.82 Å². The number of hydrogen-bond acceptors (Lipinski definition) is 4. The van der Waals surface area contributed by atoms with Gasteiger partial charge in [0, 0.05) is 22.4 Å². The fraction of sp³-hybridized carbons (Fsp3) is 0.138. The van der Waals surface area contributed by atoms with Crippen LogP contribution in [0.1, 0.15) is 28.5 Å². The third-order valence-corrected chi connectivity index (χ3v) is 6.13. The van der Waals surface area contributed by atoms with E-state index in [1.54, 1.807) is 11.8 Å². The fourth-order valence-corrected chi connectivity index (χ4v) is 4.14. The van der Waals surface area contributed by atoms with Gasteiger partial charge in [-0.25, -0.2) is 9.37 Å². The second-order valence-electron chi connectivity index (χ2n) is 7.99. The highest BCUT2D eigenvalue weighted by molar-refractivity contribution is 7.98. The molecule has 1 aromatic heterocycles. The van der Waals surface area contributed by atoms with Gasteiger partial charge in [0.2, 0.25) is 6.41 Å². The molecular formula is C29H28FN3O2S. The number of nitrogens with one attached hydrogen (secondary N) is 2. The Hall–Kier alpha value is -3.97. The van der Waals surface area contributed by atoms with Crippen LogP contribution in [0.5, 0.6) is 0 Å². The minimum absolute atomic E-state index is 0.0123. The predicted octanol–water partition coefficient (Wildman–Crippen LogP) is 6.13. The number of benzene rings is 3. The lowest BCUT2D eigenvalue weighted by Gasteiger charge is -2.13. The number of carbonyl (C=O) groups is 2. The SMILES string of the molecule is CC(Cc1ccccc1)NC(=O)c1ccc(F)cn1.O=CNc1ccc(SCc2ccccc2)cc1. The molecule has 0 aliphatic carbocycles. The van der Waals surface area contributed by atoms with Crippen LogP contribution in [0, 0.1) is 5.82 Å². The van der Waals surface area contributed by atoms with Crippen molar-refractivity contribution in [3.05, 3.63) is 126 Å². The van der Waals surface area contributed by atoms with Gasteiger partial charge in [0.15, 0.2) is 0 Å². The Morgan fingerprint density at radius 2 is 1.56 bits per heavy atom. The van der Waals surface area contributed by atoms with Gasteiger partial charge in [-0.1, -0.05) is 60.7 Å². The molecule has 0 aliphatic heterocycles. The summed E-state index contributed by atoms with van der Waals surface area (Å²) in [6.07, 6.45) is 2.47. The van der Waals surface area contributed by atoms with Crippen molar-refractivity contribution in [3.63, 3.8) is 0 Å². The zero-order chi connectivity index (χ0) is 25.6. The number of nitrogens with zero attached hydrogens (tertiary/aromatic N) is 1. The lowest BCUT2D eigenvalue weighted by atomic mass is 10.1. The molecule has 184 valence electrons. The molecule has 0 bridgehead atoms. The van der Waals surface area contributed by atoms with Gasteiger partial charge in [0.25, 0.3) is 5.91 Å². The monoisotopic (exact) mass is 501 g/mol. The number of pyridine rings is 1. The van der Waals surface area contributed by atoms with Crippen molar-refractivity contribution in [1.29, 1.82) is 0 Å². The molecule has 5 nitrogen and oxygen atoms in total. The smallest absolute Gasteiger partial charge is 0.270 e. The molecule has 0 spiro atoms. The molecule has 0 aliphatic rings. The first-order valence-corrected chi connectivity index (χ1v) is 12.5. The summed E-state index contributed by atoms with van der Waals surface area (Å²) in [6.45, 7) is 1.93. The van der Waals surface area contributed by atoms with E-state index in [2.05, 4.69) is 27.8 Å². The van der Waals surface area contributed by atoms with Crippen LogP contribution < -0.4 is 10.6 Å². The highest BCUT2D eigenvalue weighted by Gasteiger charge is 2.11. The zero-order valence-corrected chi connectivity index (χ0v) is 20.8. The summed E-state index contributed by atoms with van der Waals surface area (Å²) >= 11 is 1.78. The van der Waals surface area contributed by atoms with E-state index >= 15 is 0 Å². The number of carbonyl (C=O) groups excluding carboxylic acids is 2. The van der Waals surface area contributed by atoms with E-state index in [1.807, 2.05) is 79.7 Å². The summed E-state index contributed by atoms with van der Waals surface area (Å²) in [7, 11) is 0. The summed E-state index contributed by atoms with van der Waals surface area (Å²) in [6, 6.07) is 30.7. The molecule has 3 aromatic carbocycles. The van der Waals surface area contributed by atoms with Gasteiger partial charge in [-0.2, -0.15) is 0 Å². The van der Waals surface area contributed by atoms with E-state index in [4.69, 9.17) is 0 Å². The van der Waals surface area contributed by atoms with Gasteiger partial charge in [-0.3, -0.25) is 9.59 Å². The van der Waals surface area contributed by atoms with Gasteiger partial charge in [0.1, 0.15) is 11.5 Å². The van der Waals surface area contributed by atoms with Crippen molar-refractivity contribution in [2.45, 2.75) is 30.0 Å². The summed E-state index contributed by atoms with van der Waals surface area (Å²) in [5.74, 6) is 0.221. The molecule has 4 rings (SSSR count). The minimum Gasteiger partial charge on any atom is -0.348 e. The average Bonchev–Trinajstić information content (AvgIpc) is 2.90. The Kier molecular flexibility index (Phi) is 10.7. The van der Waals surface area contributed by atoms with Crippen LogP contribution in [-0.4, -0.2) is 23.3 Å². The summed E-state index contributed by atoms with van der Waals surface area (Å²) in [4.78, 5) is 27.1. The molecule has 0 fully saturated rings. The van der Waals surface area contributed by atoms with Gasteiger partial charge >= 0.3 is 0 Å². The van der Waals surface area contributed by atoms with E-state index in [0.29, 0.717) is 6.41 Å². The maximum atomic E-state index is 12.7. The molecule has 1 heterocycles. The topological polar surface area (TPSA) is 71.1 Å². The van der Waals surface area contributed by atoms with E-state index in [9.17, 15) is 14.0 Å². The third-order valence-electron chi connectivity index (χ3n) is 5.05. The van der Waals surface area contributed by atoms with E-state index in [1.165, 1.54) is 22.6 Å². The molecule has 2 amide bonds. The Labute approximate surface area is 215 Å². The predicted molar refractivity (Wildman–Crippen MR) is 143 cm³/mol. The second-order valence-corrected chi connectivity index (χ2v) is 9.04. The highest BCUT2D eigenvalue weighted by atomic mass is 32.2. The van der Waals surface area contributed by atoms with Crippen molar-refractivity contribution < 1.29 is 14.0 Å². The number of rotatable bonds is 9. The van der Waals surface area contributed by atoms with Crippen molar-refractivity contribution in [2.24, 2.45) is 0 Å². The second kappa shape index (κ2) is 14.4. The molecule has 36 heavy (non-hydrogen) atoms. The Morgan fingerprint density at radius 1 is 0.917 bits per heavy atom. The van der Waals surface area contributed by atoms with Gasteiger partial charge in [-0.05, 0) is 60.9 Å². The van der Waals surface area contributed by atoms with Crippen LogP contribution in [0.4, 0.5) is 10.1 Å². The van der Waals surface area contributed by atoms with Crippen molar-refractivity contribution in [3.8, 4) is 0 Å². The first-order valence-electron chi connectivity index (χ1n) is 11.5. The Bertz CT molecular complexity index is 1200. The quantitative estimate of drug-likeness (QED) is 0.214. The molecule has 1 unspecified atom stereocenters. The number of anilines is 1. The van der Waals surface area contributed by atoms with E-state index in [0.717, 1.165) is 29.6 Å². The largest absolute Gasteiger partial charge is 0.348 e. The van der Waals surface area contributed by atoms with Gasteiger partial charge in [-0.15, -0.1) is 11.8 Å². The number of halogens is 1. The van der Waals surface area contributed by atoms with Crippen LogP contribution in [0.25, 0.3) is 0 Å². The van der Waals surface area contributed by atoms with Crippen molar-refractivity contribution in [1.82, 2.24) is 10.3 Å². The zero-order valence-electron chi connectivity index (χ0n) is 19.9. The third kappa shape index (κ3) is 9.35. The fourth-order valence-electron chi connectivity index (χ4n) is 3.28. The van der Waals surface area contributed by atoms with Crippen LogP contribution >= 0.6 is 11.8 Å². The van der Waals surface area contributed by atoms with E-state index in [-0.39, 0.29) is 17.6 Å². The molecule has 7 heteroatoms. The number of amides is 2. The summed E-state index contributed by atoms with van der Waals surface area (Å²) in [5.41, 5.74) is 3.51. The molecule has 0 saturated heterocycles. The van der Waals surface area contributed by atoms with Crippen molar-refractivity contribution >= 4 is 29.8 Å². The standard InChI is InChI=1S/C15H15FN2O.C14H13NOS/c1-11(9-12-5-3-2-4-6-12)18-15(19)14-8-7-13(16)10-17-14;16-11-15-13-6-8-14(9-7-13)17-10-12-4-2-1-3-5-12/h2-8,10-11H,9H2,1H3,(H,18,19);1-9,11H,10H2,(H,15,16). The highest BCUT2D eigenvalue weighted by Crippen LogP contribution is 2.23. The molecular weight excluding hydrogens is 473 g/mol. The first-order chi connectivity index (χ1) is 17.5. The molecule has 0 saturated carbocycles. The minimum atomic E-state index is -0.450. The molecule has 4 aromatic rings.